The van der Waals surface area contributed by atoms with Gasteiger partial charge in [-0.1, -0.05) is 6.07 Å². The fourth-order valence-electron chi connectivity index (χ4n) is 4.64. The number of aromatic nitrogens is 2. The molecule has 6 nitrogen and oxygen atoms in total. The lowest BCUT2D eigenvalue weighted by Gasteiger charge is -2.29. The number of halogens is 2. The maximum absolute atomic E-state index is 14.3. The molecule has 1 amide bonds. The molecular weight excluding hydrogens is 428 g/mol. The van der Waals surface area contributed by atoms with E-state index in [2.05, 4.69) is 4.98 Å². The summed E-state index contributed by atoms with van der Waals surface area (Å²) in [6.07, 6.45) is 0.995. The van der Waals surface area contributed by atoms with Crippen LogP contribution in [0.5, 0.6) is 5.75 Å². The van der Waals surface area contributed by atoms with Crippen molar-refractivity contribution in [3.63, 3.8) is 0 Å². The van der Waals surface area contributed by atoms with Gasteiger partial charge in [0.1, 0.15) is 5.82 Å². The van der Waals surface area contributed by atoms with Crippen LogP contribution in [0.4, 0.5) is 8.78 Å². The Morgan fingerprint density at radius 3 is 2.85 bits per heavy atom. The van der Waals surface area contributed by atoms with Crippen LogP contribution in [-0.4, -0.2) is 46.1 Å². The number of fused-ring (bicyclic) bond motifs is 5. The molecule has 33 heavy (non-hydrogen) atoms. The van der Waals surface area contributed by atoms with Gasteiger partial charge in [-0.2, -0.15) is 0 Å². The van der Waals surface area contributed by atoms with E-state index >= 15 is 0 Å². The number of aliphatic hydroxyl groups excluding tert-OH is 1. The minimum absolute atomic E-state index is 0.0633. The number of carbonyl (C=O) groups excluding carboxylic acids is 1. The van der Waals surface area contributed by atoms with Crippen molar-refractivity contribution in [2.24, 2.45) is 0 Å². The molecule has 0 saturated carbocycles. The number of benzene rings is 2. The Bertz CT molecular complexity index is 1380. The summed E-state index contributed by atoms with van der Waals surface area (Å²) in [4.78, 5) is 22.3. The molecule has 0 unspecified atom stereocenters. The van der Waals surface area contributed by atoms with Crippen LogP contribution < -0.4 is 4.74 Å². The standard InChI is InChI=1S/C25H23F2N3O3/c1-33-22-5-2-14(10-18(22)27)11-20-25-24(17-12-15(26)3-4-19(17)29-25)16-6-8-30(13-21(16)28-20)23(32)7-9-31/h2-5,10,12,29,31H,6-9,11,13H2,1H3. The number of amides is 1. The summed E-state index contributed by atoms with van der Waals surface area (Å²) in [6.45, 7) is 0.619. The topological polar surface area (TPSA) is 78.5 Å². The van der Waals surface area contributed by atoms with Crippen molar-refractivity contribution in [2.75, 3.05) is 20.3 Å². The summed E-state index contributed by atoms with van der Waals surface area (Å²) < 4.78 is 33.4. The average Bonchev–Trinajstić information content (AvgIpc) is 3.18. The van der Waals surface area contributed by atoms with Crippen LogP contribution in [0.25, 0.3) is 21.8 Å². The highest BCUT2D eigenvalue weighted by Gasteiger charge is 2.26. The number of methoxy groups -OCH3 is 1. The molecule has 3 heterocycles. The molecule has 0 spiro atoms. The Balaban J connectivity index is 1.66. The Labute approximate surface area is 188 Å². The quantitative estimate of drug-likeness (QED) is 0.483. The number of rotatable bonds is 5. The number of ether oxygens (including phenoxy) is 1. The van der Waals surface area contributed by atoms with E-state index in [0.29, 0.717) is 31.6 Å². The molecule has 5 rings (SSSR count). The second-order valence-corrected chi connectivity index (χ2v) is 8.23. The largest absolute Gasteiger partial charge is 0.494 e. The van der Waals surface area contributed by atoms with E-state index in [0.717, 1.165) is 38.6 Å². The zero-order valence-corrected chi connectivity index (χ0v) is 18.1. The molecule has 2 aromatic carbocycles. The zero-order chi connectivity index (χ0) is 23.1. The maximum atomic E-state index is 14.3. The van der Waals surface area contributed by atoms with Crippen LogP contribution in [0, 0.1) is 11.6 Å². The van der Waals surface area contributed by atoms with Crippen LogP contribution in [0.3, 0.4) is 0 Å². The number of H-pyrrole nitrogens is 1. The molecule has 1 aliphatic heterocycles. The molecule has 0 radical (unpaired) electrons. The number of nitrogens with one attached hydrogen (secondary N) is 1. The molecule has 0 bridgehead atoms. The van der Waals surface area contributed by atoms with Gasteiger partial charge in [-0.25, -0.2) is 8.78 Å². The van der Waals surface area contributed by atoms with E-state index in [1.54, 1.807) is 23.1 Å². The molecule has 0 atom stereocenters. The third-order valence-electron chi connectivity index (χ3n) is 6.21. The first-order chi connectivity index (χ1) is 16.0. The van der Waals surface area contributed by atoms with Crippen LogP contribution in [0.15, 0.2) is 36.4 Å². The normalized spacial score (nSPS) is 13.5. The SMILES string of the molecule is COc1ccc(Cc2nc3c(c4c2[nH]c2ccc(F)cc24)CCN(C(=O)CCO)C3)cc1F. The summed E-state index contributed by atoms with van der Waals surface area (Å²) in [6, 6.07) is 9.41. The van der Waals surface area contributed by atoms with Crippen molar-refractivity contribution in [2.45, 2.75) is 25.8 Å². The van der Waals surface area contributed by atoms with Crippen LogP contribution in [-0.2, 0) is 24.2 Å². The number of aromatic amines is 1. The minimum atomic E-state index is -0.455. The van der Waals surface area contributed by atoms with Crippen molar-refractivity contribution < 1.29 is 23.4 Å². The van der Waals surface area contributed by atoms with Gasteiger partial charge in [0, 0.05) is 35.7 Å². The predicted molar refractivity (Wildman–Crippen MR) is 120 cm³/mol. The molecule has 8 heteroatoms. The van der Waals surface area contributed by atoms with E-state index in [9.17, 15) is 13.6 Å². The maximum Gasteiger partial charge on any atom is 0.225 e. The van der Waals surface area contributed by atoms with Gasteiger partial charge in [0.25, 0.3) is 0 Å². The lowest BCUT2D eigenvalue weighted by Crippen LogP contribution is -2.37. The number of carbonyl (C=O) groups is 1. The lowest BCUT2D eigenvalue weighted by atomic mass is 9.96. The molecule has 0 aliphatic carbocycles. The summed E-state index contributed by atoms with van der Waals surface area (Å²) in [5.41, 5.74) is 4.73. The van der Waals surface area contributed by atoms with Gasteiger partial charge in [0.15, 0.2) is 11.6 Å². The second-order valence-electron chi connectivity index (χ2n) is 8.23. The van der Waals surface area contributed by atoms with E-state index in [1.165, 1.54) is 25.3 Å². The smallest absolute Gasteiger partial charge is 0.225 e. The van der Waals surface area contributed by atoms with E-state index in [4.69, 9.17) is 14.8 Å². The first-order valence-electron chi connectivity index (χ1n) is 10.8. The molecular formula is C25H23F2N3O3. The minimum Gasteiger partial charge on any atom is -0.494 e. The first-order valence-corrected chi connectivity index (χ1v) is 10.8. The van der Waals surface area contributed by atoms with Gasteiger partial charge < -0.3 is 19.7 Å². The van der Waals surface area contributed by atoms with Crippen LogP contribution >= 0.6 is 0 Å². The molecule has 0 saturated heterocycles. The number of pyridine rings is 1. The van der Waals surface area contributed by atoms with Crippen LogP contribution in [0.2, 0.25) is 0 Å². The molecule has 4 aromatic rings. The van der Waals surface area contributed by atoms with Crippen molar-refractivity contribution >= 4 is 27.7 Å². The Hall–Kier alpha value is -3.52. The Morgan fingerprint density at radius 1 is 1.24 bits per heavy atom. The van der Waals surface area contributed by atoms with Gasteiger partial charge >= 0.3 is 0 Å². The van der Waals surface area contributed by atoms with Gasteiger partial charge in [0.05, 0.1) is 37.2 Å². The van der Waals surface area contributed by atoms with Crippen molar-refractivity contribution in [1.82, 2.24) is 14.9 Å². The fraction of sp³-hybridized carbons (Fsp3) is 0.280. The monoisotopic (exact) mass is 451 g/mol. The highest BCUT2D eigenvalue weighted by Crippen LogP contribution is 2.35. The zero-order valence-electron chi connectivity index (χ0n) is 18.1. The van der Waals surface area contributed by atoms with Gasteiger partial charge in [0.2, 0.25) is 5.91 Å². The first kappa shape index (κ1) is 21.3. The fourth-order valence-corrected chi connectivity index (χ4v) is 4.64. The number of nitrogens with zero attached hydrogens (tertiary/aromatic N) is 2. The molecule has 2 N–H and O–H groups in total. The molecule has 2 aromatic heterocycles. The highest BCUT2D eigenvalue weighted by molar-refractivity contribution is 6.10. The van der Waals surface area contributed by atoms with E-state index in [1.807, 2.05) is 0 Å². The second kappa shape index (κ2) is 8.44. The average molecular weight is 451 g/mol. The number of hydrogen-bond donors (Lipinski definition) is 2. The molecule has 1 aliphatic rings. The molecule has 170 valence electrons. The lowest BCUT2D eigenvalue weighted by molar-refractivity contribution is -0.132. The van der Waals surface area contributed by atoms with Crippen molar-refractivity contribution in [3.05, 3.63) is 70.5 Å². The summed E-state index contributed by atoms with van der Waals surface area (Å²) in [5, 5.41) is 10.8. The van der Waals surface area contributed by atoms with Gasteiger partial charge in [-0.05, 0) is 47.9 Å². The predicted octanol–water partition coefficient (Wildman–Crippen LogP) is 3.86. The van der Waals surface area contributed by atoms with Gasteiger partial charge in [-0.15, -0.1) is 0 Å². The van der Waals surface area contributed by atoms with E-state index in [-0.39, 0.29) is 30.5 Å². The highest BCUT2D eigenvalue weighted by atomic mass is 19.1. The van der Waals surface area contributed by atoms with Crippen molar-refractivity contribution in [3.8, 4) is 5.75 Å². The molecule has 0 fully saturated rings. The van der Waals surface area contributed by atoms with Crippen LogP contribution in [0.1, 0.15) is 28.9 Å². The summed E-state index contributed by atoms with van der Waals surface area (Å²) >= 11 is 0. The number of aliphatic hydroxyl groups is 1. The third-order valence-corrected chi connectivity index (χ3v) is 6.21. The Kier molecular flexibility index (Phi) is 5.46. The summed E-state index contributed by atoms with van der Waals surface area (Å²) in [5.74, 6) is -0.748. The third kappa shape index (κ3) is 3.80. The Morgan fingerprint density at radius 2 is 2.09 bits per heavy atom. The summed E-state index contributed by atoms with van der Waals surface area (Å²) in [7, 11) is 1.42. The van der Waals surface area contributed by atoms with Crippen molar-refractivity contribution in [1.29, 1.82) is 0 Å². The number of hydrogen-bond acceptors (Lipinski definition) is 4. The van der Waals surface area contributed by atoms with E-state index < -0.39 is 5.82 Å². The van der Waals surface area contributed by atoms with Gasteiger partial charge in [-0.3, -0.25) is 9.78 Å².